The lowest BCUT2D eigenvalue weighted by Gasteiger charge is -2.13. The first-order chi connectivity index (χ1) is 14.0. The number of amidine groups is 1. The zero-order valence-electron chi connectivity index (χ0n) is 16.6. The predicted octanol–water partition coefficient (Wildman–Crippen LogP) is 4.48. The van der Waals surface area contributed by atoms with Crippen LogP contribution in [0.4, 0.5) is 10.1 Å². The monoisotopic (exact) mass is 416 g/mol. The van der Waals surface area contributed by atoms with E-state index in [1.165, 1.54) is 44.1 Å². The highest BCUT2D eigenvalue weighted by atomic mass is 32.2. The van der Waals surface area contributed by atoms with E-state index < -0.39 is 5.82 Å². The fourth-order valence-electron chi connectivity index (χ4n) is 2.85. The van der Waals surface area contributed by atoms with Crippen molar-refractivity contribution in [1.29, 1.82) is 0 Å². The lowest BCUT2D eigenvalue weighted by Crippen LogP contribution is -2.28. The minimum Gasteiger partial charge on any atom is -0.493 e. The molecular formula is C21H21FN2O4S. The van der Waals surface area contributed by atoms with Crippen LogP contribution in [0, 0.1) is 5.82 Å². The molecule has 0 bridgehead atoms. The van der Waals surface area contributed by atoms with Gasteiger partial charge in [0, 0.05) is 6.54 Å². The third-order valence-electron chi connectivity index (χ3n) is 4.26. The maximum Gasteiger partial charge on any atom is 0.266 e. The van der Waals surface area contributed by atoms with Crippen LogP contribution >= 0.6 is 11.8 Å². The number of hydrogen-bond acceptors (Lipinski definition) is 6. The number of thioether (sulfide) groups is 1. The summed E-state index contributed by atoms with van der Waals surface area (Å²) in [5.41, 5.74) is 0.897. The second-order valence-electron chi connectivity index (χ2n) is 5.96. The van der Waals surface area contributed by atoms with E-state index in [0.29, 0.717) is 39.4 Å². The fraction of sp³-hybridized carbons (Fsp3) is 0.238. The Morgan fingerprint density at radius 2 is 1.76 bits per heavy atom. The Bertz CT molecular complexity index is 965. The van der Waals surface area contributed by atoms with Crippen LogP contribution in [0.25, 0.3) is 6.08 Å². The molecule has 0 radical (unpaired) electrons. The summed E-state index contributed by atoms with van der Waals surface area (Å²) in [6.45, 7) is 2.27. The van der Waals surface area contributed by atoms with Crippen LogP contribution in [-0.4, -0.2) is 43.8 Å². The number of para-hydroxylation sites is 1. The van der Waals surface area contributed by atoms with Crippen LogP contribution in [0.1, 0.15) is 12.5 Å². The number of ether oxygens (including phenoxy) is 3. The number of rotatable bonds is 6. The smallest absolute Gasteiger partial charge is 0.266 e. The molecule has 152 valence electrons. The first-order valence-corrected chi connectivity index (χ1v) is 9.68. The van der Waals surface area contributed by atoms with Crippen LogP contribution in [0.2, 0.25) is 0 Å². The van der Waals surface area contributed by atoms with Gasteiger partial charge in [0.15, 0.2) is 16.7 Å². The SMILES string of the molecule is CCN1C(=O)/C(=C\c2cc(OC)c(OC)c(OC)c2)SC1=Nc1ccccc1F. The number of nitrogens with zero attached hydrogens (tertiary/aromatic N) is 2. The van der Waals surface area contributed by atoms with Crippen molar-refractivity contribution >= 4 is 34.6 Å². The van der Waals surface area contributed by atoms with Crippen molar-refractivity contribution in [3.8, 4) is 17.2 Å². The summed E-state index contributed by atoms with van der Waals surface area (Å²) in [4.78, 5) is 19.2. The van der Waals surface area contributed by atoms with Gasteiger partial charge in [-0.2, -0.15) is 0 Å². The number of hydrogen-bond donors (Lipinski definition) is 0. The number of carbonyl (C=O) groups is 1. The molecule has 1 heterocycles. The summed E-state index contributed by atoms with van der Waals surface area (Å²) in [6, 6.07) is 9.72. The first kappa shape index (κ1) is 20.7. The molecule has 0 saturated carbocycles. The highest BCUT2D eigenvalue weighted by molar-refractivity contribution is 8.18. The average molecular weight is 416 g/mol. The molecule has 1 fully saturated rings. The molecule has 0 atom stereocenters. The number of carbonyl (C=O) groups excluding carboxylic acids is 1. The number of benzene rings is 2. The molecule has 2 aromatic rings. The van der Waals surface area contributed by atoms with E-state index in [9.17, 15) is 9.18 Å². The Labute approximate surface area is 173 Å². The summed E-state index contributed by atoms with van der Waals surface area (Å²) in [6.07, 6.45) is 1.73. The van der Waals surface area contributed by atoms with Crippen molar-refractivity contribution < 1.29 is 23.4 Å². The molecule has 0 aliphatic carbocycles. The minimum absolute atomic E-state index is 0.190. The zero-order valence-corrected chi connectivity index (χ0v) is 17.4. The number of amides is 1. The molecule has 3 rings (SSSR count). The van der Waals surface area contributed by atoms with Gasteiger partial charge in [-0.25, -0.2) is 9.38 Å². The van der Waals surface area contributed by atoms with Gasteiger partial charge in [-0.1, -0.05) is 12.1 Å². The normalized spacial score (nSPS) is 16.6. The van der Waals surface area contributed by atoms with Gasteiger partial charge in [-0.05, 0) is 54.6 Å². The molecule has 0 N–H and O–H groups in total. The van der Waals surface area contributed by atoms with E-state index in [1.807, 2.05) is 6.92 Å². The van der Waals surface area contributed by atoms with Crippen molar-refractivity contribution in [2.45, 2.75) is 6.92 Å². The summed E-state index contributed by atoms with van der Waals surface area (Å²) >= 11 is 1.19. The van der Waals surface area contributed by atoms with Crippen LogP contribution in [0.5, 0.6) is 17.2 Å². The molecule has 1 aliphatic rings. The molecule has 6 nitrogen and oxygen atoms in total. The second-order valence-corrected chi connectivity index (χ2v) is 6.97. The topological polar surface area (TPSA) is 60.4 Å². The average Bonchev–Trinajstić information content (AvgIpc) is 3.02. The van der Waals surface area contributed by atoms with Crippen molar-refractivity contribution in [3.63, 3.8) is 0 Å². The van der Waals surface area contributed by atoms with Gasteiger partial charge >= 0.3 is 0 Å². The van der Waals surface area contributed by atoms with E-state index in [2.05, 4.69) is 4.99 Å². The first-order valence-electron chi connectivity index (χ1n) is 8.87. The second kappa shape index (κ2) is 9.00. The van der Waals surface area contributed by atoms with Gasteiger partial charge in [-0.3, -0.25) is 9.69 Å². The van der Waals surface area contributed by atoms with Gasteiger partial charge in [0.25, 0.3) is 5.91 Å². The van der Waals surface area contributed by atoms with E-state index in [-0.39, 0.29) is 11.6 Å². The number of aliphatic imine (C=N–C) groups is 1. The van der Waals surface area contributed by atoms with Crippen LogP contribution < -0.4 is 14.2 Å². The largest absolute Gasteiger partial charge is 0.493 e. The van der Waals surface area contributed by atoms with E-state index in [4.69, 9.17) is 14.2 Å². The molecule has 2 aromatic carbocycles. The lowest BCUT2D eigenvalue weighted by atomic mass is 10.1. The molecule has 0 aromatic heterocycles. The van der Waals surface area contributed by atoms with Crippen LogP contribution in [0.15, 0.2) is 46.3 Å². The Balaban J connectivity index is 2.00. The molecule has 8 heteroatoms. The number of likely N-dealkylation sites (N-methyl/N-ethyl adjacent to an activating group) is 1. The highest BCUT2D eigenvalue weighted by Crippen LogP contribution is 2.40. The number of methoxy groups -OCH3 is 3. The summed E-state index contributed by atoms with van der Waals surface area (Å²) in [5.74, 6) is 0.815. The fourth-order valence-corrected chi connectivity index (χ4v) is 3.91. The van der Waals surface area contributed by atoms with E-state index in [0.717, 1.165) is 0 Å². The van der Waals surface area contributed by atoms with Gasteiger partial charge in [0.2, 0.25) is 5.75 Å². The van der Waals surface area contributed by atoms with E-state index >= 15 is 0 Å². The van der Waals surface area contributed by atoms with Gasteiger partial charge in [-0.15, -0.1) is 0 Å². The molecule has 0 unspecified atom stereocenters. The van der Waals surface area contributed by atoms with Crippen molar-refractivity contribution in [2.75, 3.05) is 27.9 Å². The minimum atomic E-state index is -0.439. The molecule has 29 heavy (non-hydrogen) atoms. The third-order valence-corrected chi connectivity index (χ3v) is 5.26. The molecule has 0 spiro atoms. The Morgan fingerprint density at radius 3 is 2.31 bits per heavy atom. The molecule has 1 aliphatic heterocycles. The van der Waals surface area contributed by atoms with Crippen LogP contribution in [-0.2, 0) is 4.79 Å². The predicted molar refractivity (Wildman–Crippen MR) is 113 cm³/mol. The molecular weight excluding hydrogens is 395 g/mol. The Morgan fingerprint density at radius 1 is 1.10 bits per heavy atom. The summed E-state index contributed by atoms with van der Waals surface area (Å²) in [5, 5.41) is 0.432. The van der Waals surface area contributed by atoms with Gasteiger partial charge < -0.3 is 14.2 Å². The number of halogens is 1. The van der Waals surface area contributed by atoms with Gasteiger partial charge in [0.05, 0.1) is 26.2 Å². The van der Waals surface area contributed by atoms with Crippen molar-refractivity contribution in [1.82, 2.24) is 4.90 Å². The quantitative estimate of drug-likeness (QED) is 0.650. The van der Waals surface area contributed by atoms with Crippen LogP contribution in [0.3, 0.4) is 0 Å². The summed E-state index contributed by atoms with van der Waals surface area (Å²) in [7, 11) is 4.59. The van der Waals surface area contributed by atoms with Gasteiger partial charge in [0.1, 0.15) is 11.5 Å². The summed E-state index contributed by atoms with van der Waals surface area (Å²) < 4.78 is 30.0. The molecule has 1 amide bonds. The maximum absolute atomic E-state index is 14.0. The lowest BCUT2D eigenvalue weighted by molar-refractivity contribution is -0.122. The third kappa shape index (κ3) is 4.22. The van der Waals surface area contributed by atoms with E-state index in [1.54, 1.807) is 36.4 Å². The maximum atomic E-state index is 14.0. The zero-order chi connectivity index (χ0) is 21.0. The Kier molecular flexibility index (Phi) is 6.43. The standard InChI is InChI=1S/C21H21FN2O4S/c1-5-24-20(25)18(29-21(24)23-15-9-7-6-8-14(15)22)12-13-10-16(26-2)19(28-4)17(11-13)27-3/h6-12H,5H2,1-4H3/b18-12+,23-21?. The Hall–Kier alpha value is -3.00. The highest BCUT2D eigenvalue weighted by Gasteiger charge is 2.32. The van der Waals surface area contributed by atoms with Crippen molar-refractivity contribution in [2.24, 2.45) is 4.99 Å². The van der Waals surface area contributed by atoms with Crippen molar-refractivity contribution in [3.05, 3.63) is 52.7 Å². The molecule has 1 saturated heterocycles.